The van der Waals surface area contributed by atoms with Gasteiger partial charge < -0.3 is 24.4 Å². The molecule has 0 saturated heterocycles. The summed E-state index contributed by atoms with van der Waals surface area (Å²) in [6.45, 7) is 9.43. The van der Waals surface area contributed by atoms with Crippen LogP contribution in [-0.2, 0) is 16.1 Å². The quantitative estimate of drug-likeness (QED) is 0.324. The Hall–Kier alpha value is -3.57. The first-order valence-electron chi connectivity index (χ1n) is 12.4. The van der Waals surface area contributed by atoms with Crippen LogP contribution in [0.1, 0.15) is 27.2 Å². The highest BCUT2D eigenvalue weighted by molar-refractivity contribution is 5.80. The Morgan fingerprint density at radius 3 is 2.68 bits per heavy atom. The van der Waals surface area contributed by atoms with Gasteiger partial charge in [0.2, 0.25) is 11.8 Å². The standard InChI is InChI=1S/C26H36N6O5/c1-6-31(12-14-35-4)11-8-13-37-19-15-20-24(27-16-19)30-25(21-9-7-10-23(29-21)36-5)32(26(20)34)17-22(33)28-18(2)3/h7,9-10,15-16,18H,6,8,11-14,17H2,1-5H3,(H,28,33). The fourth-order valence-electron chi connectivity index (χ4n) is 3.80. The Labute approximate surface area is 216 Å². The van der Waals surface area contributed by atoms with Crippen LogP contribution in [0.25, 0.3) is 22.6 Å². The molecule has 0 unspecified atom stereocenters. The van der Waals surface area contributed by atoms with Crippen LogP contribution in [0, 0.1) is 0 Å². The van der Waals surface area contributed by atoms with Crippen molar-refractivity contribution < 1.29 is 19.0 Å². The average molecular weight is 513 g/mol. The Bertz CT molecular complexity index is 1250. The Morgan fingerprint density at radius 1 is 1.16 bits per heavy atom. The molecule has 3 rings (SSSR count). The van der Waals surface area contributed by atoms with Gasteiger partial charge in [0.25, 0.3) is 5.56 Å². The number of methoxy groups -OCH3 is 2. The summed E-state index contributed by atoms with van der Waals surface area (Å²) in [5.41, 5.74) is 0.235. The number of carbonyl (C=O) groups excluding carboxylic acids is 1. The van der Waals surface area contributed by atoms with Gasteiger partial charge in [-0.25, -0.2) is 15.0 Å². The van der Waals surface area contributed by atoms with Crippen LogP contribution in [0.15, 0.2) is 35.3 Å². The van der Waals surface area contributed by atoms with Gasteiger partial charge in [-0.05, 0) is 38.9 Å². The number of nitrogens with one attached hydrogen (secondary N) is 1. The van der Waals surface area contributed by atoms with Crippen LogP contribution in [0.5, 0.6) is 11.6 Å². The molecule has 0 aromatic carbocycles. The normalized spacial score (nSPS) is 11.3. The van der Waals surface area contributed by atoms with Gasteiger partial charge in [0.1, 0.15) is 18.0 Å². The van der Waals surface area contributed by atoms with Crippen molar-refractivity contribution in [1.29, 1.82) is 0 Å². The Kier molecular flexibility index (Phi) is 10.3. The zero-order valence-electron chi connectivity index (χ0n) is 22.2. The van der Waals surface area contributed by atoms with E-state index in [0.717, 1.165) is 26.1 Å². The first-order valence-corrected chi connectivity index (χ1v) is 12.4. The third-order valence-corrected chi connectivity index (χ3v) is 5.64. The highest BCUT2D eigenvalue weighted by Crippen LogP contribution is 2.21. The topological polar surface area (TPSA) is 121 Å². The lowest BCUT2D eigenvalue weighted by Crippen LogP contribution is -2.37. The van der Waals surface area contributed by atoms with Gasteiger partial charge in [0.05, 0.1) is 31.9 Å². The zero-order valence-corrected chi connectivity index (χ0v) is 22.2. The van der Waals surface area contributed by atoms with Gasteiger partial charge in [-0.2, -0.15) is 0 Å². The maximum Gasteiger partial charge on any atom is 0.263 e. The molecule has 37 heavy (non-hydrogen) atoms. The van der Waals surface area contributed by atoms with E-state index in [-0.39, 0.29) is 35.4 Å². The molecule has 0 aliphatic heterocycles. The summed E-state index contributed by atoms with van der Waals surface area (Å²) in [6.07, 6.45) is 2.36. The van der Waals surface area contributed by atoms with E-state index >= 15 is 0 Å². The molecule has 0 spiro atoms. The molecule has 0 aliphatic rings. The molecular weight excluding hydrogens is 476 g/mol. The number of amides is 1. The van der Waals surface area contributed by atoms with Crippen LogP contribution in [0.2, 0.25) is 0 Å². The van der Waals surface area contributed by atoms with Crippen LogP contribution in [-0.4, -0.2) is 83.4 Å². The zero-order chi connectivity index (χ0) is 26.8. The molecule has 0 radical (unpaired) electrons. The number of ether oxygens (including phenoxy) is 3. The fourth-order valence-corrected chi connectivity index (χ4v) is 3.80. The van der Waals surface area contributed by atoms with E-state index in [0.29, 0.717) is 30.5 Å². The van der Waals surface area contributed by atoms with Gasteiger partial charge in [-0.3, -0.25) is 14.2 Å². The predicted octanol–water partition coefficient (Wildman–Crippen LogP) is 2.12. The molecule has 3 heterocycles. The van der Waals surface area contributed by atoms with Gasteiger partial charge in [-0.15, -0.1) is 0 Å². The van der Waals surface area contributed by atoms with Crippen molar-refractivity contribution in [3.8, 4) is 23.1 Å². The summed E-state index contributed by atoms with van der Waals surface area (Å²) >= 11 is 0. The molecule has 1 amide bonds. The molecule has 11 heteroatoms. The number of hydrogen-bond donors (Lipinski definition) is 1. The third kappa shape index (κ3) is 7.70. The van der Waals surface area contributed by atoms with Gasteiger partial charge in [0.15, 0.2) is 11.5 Å². The van der Waals surface area contributed by atoms with E-state index in [4.69, 9.17) is 14.2 Å². The summed E-state index contributed by atoms with van der Waals surface area (Å²) < 4.78 is 17.6. The van der Waals surface area contributed by atoms with Gasteiger partial charge in [-0.1, -0.05) is 13.0 Å². The molecule has 0 fully saturated rings. The number of carbonyl (C=O) groups is 1. The van der Waals surface area contributed by atoms with Crippen LogP contribution in [0.3, 0.4) is 0 Å². The highest BCUT2D eigenvalue weighted by Gasteiger charge is 2.18. The number of nitrogens with zero attached hydrogens (tertiary/aromatic N) is 5. The van der Waals surface area contributed by atoms with Gasteiger partial charge in [0, 0.05) is 32.3 Å². The second kappa shape index (κ2) is 13.7. The Morgan fingerprint density at radius 2 is 1.97 bits per heavy atom. The van der Waals surface area contributed by atoms with E-state index in [2.05, 4.69) is 32.1 Å². The molecule has 1 N–H and O–H groups in total. The molecule has 11 nitrogen and oxygen atoms in total. The summed E-state index contributed by atoms with van der Waals surface area (Å²) in [4.78, 5) is 41.8. The van der Waals surface area contributed by atoms with Crippen molar-refractivity contribution in [1.82, 2.24) is 29.7 Å². The lowest BCUT2D eigenvalue weighted by molar-refractivity contribution is -0.122. The minimum atomic E-state index is -0.404. The molecule has 0 atom stereocenters. The number of fused-ring (bicyclic) bond motifs is 1. The summed E-state index contributed by atoms with van der Waals surface area (Å²) in [6, 6.07) is 6.69. The fraction of sp³-hybridized carbons (Fsp3) is 0.500. The Balaban J connectivity index is 1.89. The molecule has 3 aromatic heterocycles. The first kappa shape index (κ1) is 28.0. The third-order valence-electron chi connectivity index (χ3n) is 5.64. The number of aromatic nitrogens is 4. The maximum atomic E-state index is 13.6. The maximum absolute atomic E-state index is 13.6. The average Bonchev–Trinajstić information content (AvgIpc) is 2.89. The van der Waals surface area contributed by atoms with Crippen LogP contribution in [0.4, 0.5) is 0 Å². The molecular formula is C26H36N6O5. The van der Waals surface area contributed by atoms with Crippen molar-refractivity contribution in [2.24, 2.45) is 0 Å². The summed E-state index contributed by atoms with van der Waals surface area (Å²) in [5, 5.41) is 3.08. The number of hydrogen-bond acceptors (Lipinski definition) is 9. The van der Waals surface area contributed by atoms with Crippen molar-refractivity contribution >= 4 is 16.9 Å². The smallest absolute Gasteiger partial charge is 0.263 e. The summed E-state index contributed by atoms with van der Waals surface area (Å²) in [7, 11) is 3.20. The largest absolute Gasteiger partial charge is 0.492 e. The van der Waals surface area contributed by atoms with Gasteiger partial charge >= 0.3 is 0 Å². The minimum Gasteiger partial charge on any atom is -0.492 e. The van der Waals surface area contributed by atoms with Crippen molar-refractivity contribution in [2.45, 2.75) is 39.8 Å². The highest BCUT2D eigenvalue weighted by atomic mass is 16.5. The number of rotatable bonds is 14. The van der Waals surface area contributed by atoms with E-state index < -0.39 is 5.56 Å². The number of likely N-dealkylation sites (N-methyl/N-ethyl adjacent to an activating group) is 1. The summed E-state index contributed by atoms with van der Waals surface area (Å²) in [5.74, 6) is 0.756. The van der Waals surface area contributed by atoms with E-state index in [1.54, 1.807) is 37.6 Å². The van der Waals surface area contributed by atoms with Crippen molar-refractivity contribution in [2.75, 3.05) is 47.1 Å². The van der Waals surface area contributed by atoms with Crippen molar-refractivity contribution in [3.05, 3.63) is 40.8 Å². The number of pyridine rings is 2. The van der Waals surface area contributed by atoms with Crippen LogP contribution >= 0.6 is 0 Å². The lowest BCUT2D eigenvalue weighted by Gasteiger charge is -2.19. The molecule has 0 saturated carbocycles. The molecule has 200 valence electrons. The minimum absolute atomic E-state index is 0.0742. The van der Waals surface area contributed by atoms with E-state index in [1.807, 2.05) is 13.8 Å². The van der Waals surface area contributed by atoms with Crippen molar-refractivity contribution in [3.63, 3.8) is 0 Å². The predicted molar refractivity (Wildman–Crippen MR) is 141 cm³/mol. The molecule has 3 aromatic rings. The first-order chi connectivity index (χ1) is 17.9. The second-order valence-electron chi connectivity index (χ2n) is 8.79. The monoisotopic (exact) mass is 512 g/mol. The second-order valence-corrected chi connectivity index (χ2v) is 8.79. The molecule has 0 bridgehead atoms. The van der Waals surface area contributed by atoms with Crippen LogP contribution < -0.4 is 20.3 Å². The lowest BCUT2D eigenvalue weighted by atomic mass is 10.2. The SMILES string of the molecule is CCN(CCCOc1cnc2nc(-c3cccc(OC)n3)n(CC(=O)NC(C)C)c(=O)c2c1)CCOC. The van der Waals surface area contributed by atoms with E-state index in [9.17, 15) is 9.59 Å². The van der Waals surface area contributed by atoms with E-state index in [1.165, 1.54) is 11.7 Å². The molecule has 0 aliphatic carbocycles.